The topological polar surface area (TPSA) is 182 Å². The van der Waals surface area contributed by atoms with E-state index in [1.165, 1.54) is 25.2 Å². The van der Waals surface area contributed by atoms with Crippen LogP contribution < -0.4 is 20.3 Å². The van der Waals surface area contributed by atoms with Crippen molar-refractivity contribution < 1.29 is 37.8 Å². The molecule has 13 heteroatoms. The van der Waals surface area contributed by atoms with Crippen LogP contribution in [0.5, 0.6) is 0 Å². The highest BCUT2D eigenvalue weighted by Crippen LogP contribution is 2.23. The van der Waals surface area contributed by atoms with Crippen LogP contribution in [0.15, 0.2) is 78.9 Å². The molecule has 53 heavy (non-hydrogen) atoms. The van der Waals surface area contributed by atoms with E-state index in [9.17, 15) is 32.7 Å². The average molecular weight is 751 g/mol. The van der Waals surface area contributed by atoms with Crippen LogP contribution in [-0.2, 0) is 31.9 Å². The number of carboxylic acids is 1. The molecule has 0 aliphatic carbocycles. The number of rotatable bonds is 20. The fraction of sp³-hybridized carbons (Fsp3) is 0.450. The molecule has 2 unspecified atom stereocenters. The largest absolute Gasteiger partial charge is 0.478 e. The third-order valence-corrected chi connectivity index (χ3v) is 10.8. The van der Waals surface area contributed by atoms with Gasteiger partial charge >= 0.3 is 5.97 Å². The van der Waals surface area contributed by atoms with Gasteiger partial charge in [-0.25, -0.2) is 13.2 Å². The molecule has 3 aromatic carbocycles. The molecule has 0 aliphatic heterocycles. The second-order valence-electron chi connectivity index (χ2n) is 14.2. The molecular formula is C40H54N4O8S. The van der Waals surface area contributed by atoms with Crippen LogP contribution in [0.2, 0.25) is 0 Å². The van der Waals surface area contributed by atoms with Gasteiger partial charge in [0.1, 0.15) is 6.04 Å². The summed E-state index contributed by atoms with van der Waals surface area (Å²) in [7, 11) is -2.31. The number of hydrogen-bond acceptors (Lipinski definition) is 7. The lowest BCUT2D eigenvalue weighted by Gasteiger charge is -2.30. The quantitative estimate of drug-likeness (QED) is 0.106. The molecule has 0 aromatic heterocycles. The lowest BCUT2D eigenvalue weighted by Crippen LogP contribution is -2.52. The number of carbonyl (C=O) groups is 4. The molecule has 0 saturated heterocycles. The van der Waals surface area contributed by atoms with Gasteiger partial charge in [0.25, 0.3) is 5.91 Å². The van der Waals surface area contributed by atoms with Crippen molar-refractivity contribution in [3.05, 3.63) is 101 Å². The summed E-state index contributed by atoms with van der Waals surface area (Å²) >= 11 is 0. The smallest absolute Gasteiger partial charge is 0.335 e. The van der Waals surface area contributed by atoms with E-state index in [1.54, 1.807) is 54.6 Å². The van der Waals surface area contributed by atoms with Crippen molar-refractivity contribution in [2.24, 2.45) is 17.8 Å². The summed E-state index contributed by atoms with van der Waals surface area (Å²) in [6.45, 7) is 9.62. The van der Waals surface area contributed by atoms with Crippen molar-refractivity contribution >= 4 is 39.4 Å². The van der Waals surface area contributed by atoms with Crippen molar-refractivity contribution in [3.63, 3.8) is 0 Å². The van der Waals surface area contributed by atoms with E-state index in [2.05, 4.69) is 16.0 Å². The van der Waals surface area contributed by atoms with E-state index in [-0.39, 0.29) is 47.6 Å². The van der Waals surface area contributed by atoms with Crippen LogP contribution in [0.4, 0.5) is 5.69 Å². The number of aromatic carboxylic acids is 1. The van der Waals surface area contributed by atoms with Gasteiger partial charge in [-0.1, -0.05) is 89.6 Å². The predicted octanol–water partition coefficient (Wildman–Crippen LogP) is 5.12. The minimum atomic E-state index is -3.75. The summed E-state index contributed by atoms with van der Waals surface area (Å²) in [5, 5.41) is 29.3. The number of nitrogens with zero attached hydrogens (tertiary/aromatic N) is 1. The zero-order chi connectivity index (χ0) is 39.3. The van der Waals surface area contributed by atoms with E-state index in [4.69, 9.17) is 5.11 Å². The van der Waals surface area contributed by atoms with Gasteiger partial charge in [-0.05, 0) is 72.6 Å². The highest BCUT2D eigenvalue weighted by atomic mass is 32.2. The summed E-state index contributed by atoms with van der Waals surface area (Å²) in [5.74, 6) is -3.33. The molecule has 3 amide bonds. The van der Waals surface area contributed by atoms with Crippen LogP contribution in [0, 0.1) is 17.8 Å². The summed E-state index contributed by atoms with van der Waals surface area (Å²) in [6, 6.07) is 19.7. The van der Waals surface area contributed by atoms with Crippen molar-refractivity contribution in [3.8, 4) is 0 Å². The van der Waals surface area contributed by atoms with Crippen LogP contribution in [0.25, 0.3) is 0 Å². The molecule has 5 N–H and O–H groups in total. The number of nitrogens with one attached hydrogen (secondary N) is 3. The maximum atomic E-state index is 13.7. The summed E-state index contributed by atoms with van der Waals surface area (Å²) in [5.41, 5.74) is 2.01. The van der Waals surface area contributed by atoms with E-state index in [0.717, 1.165) is 4.31 Å². The molecular weight excluding hydrogens is 697 g/mol. The fourth-order valence-electron chi connectivity index (χ4n) is 5.99. The number of carboxylic acid groups (broad SMARTS) is 1. The molecule has 0 spiro atoms. The first kappa shape index (κ1) is 42.7. The van der Waals surface area contributed by atoms with Gasteiger partial charge in [0.05, 0.1) is 29.1 Å². The van der Waals surface area contributed by atoms with Crippen molar-refractivity contribution in [2.45, 2.75) is 90.8 Å². The Morgan fingerprint density at radius 2 is 1.45 bits per heavy atom. The first-order chi connectivity index (χ1) is 25.0. The van der Waals surface area contributed by atoms with Crippen LogP contribution >= 0.6 is 0 Å². The number of amides is 3. The number of hydrogen-bond donors (Lipinski definition) is 5. The first-order valence-corrected chi connectivity index (χ1v) is 19.6. The van der Waals surface area contributed by atoms with Crippen molar-refractivity contribution in [1.82, 2.24) is 16.0 Å². The molecule has 0 radical (unpaired) electrons. The Morgan fingerprint density at radius 3 is 2.04 bits per heavy atom. The van der Waals surface area contributed by atoms with Gasteiger partial charge in [0.15, 0.2) is 0 Å². The zero-order valence-electron chi connectivity index (χ0n) is 31.4. The van der Waals surface area contributed by atoms with Crippen molar-refractivity contribution in [2.75, 3.05) is 11.4 Å². The van der Waals surface area contributed by atoms with Gasteiger partial charge < -0.3 is 26.2 Å². The third kappa shape index (κ3) is 13.0. The van der Waals surface area contributed by atoms with E-state index < -0.39 is 51.9 Å². The van der Waals surface area contributed by atoms with Gasteiger partial charge in [-0.2, -0.15) is 0 Å². The Hall–Kier alpha value is -4.75. The number of carbonyl (C=O) groups excluding carboxylic acids is 3. The minimum absolute atomic E-state index is 0.0419. The van der Waals surface area contributed by atoms with Gasteiger partial charge in [-0.15, -0.1) is 0 Å². The monoisotopic (exact) mass is 750 g/mol. The number of anilines is 1. The predicted molar refractivity (Wildman–Crippen MR) is 206 cm³/mol. The van der Waals surface area contributed by atoms with Crippen LogP contribution in [-0.4, -0.2) is 67.6 Å². The Bertz CT molecular complexity index is 1780. The molecule has 0 bridgehead atoms. The third-order valence-electron chi connectivity index (χ3n) is 9.04. The fourth-order valence-corrected chi connectivity index (χ4v) is 7.23. The van der Waals surface area contributed by atoms with E-state index in [0.29, 0.717) is 36.1 Å². The molecule has 0 saturated carbocycles. The lowest BCUT2D eigenvalue weighted by molar-refractivity contribution is -0.133. The Labute approximate surface area is 313 Å². The maximum Gasteiger partial charge on any atom is 0.335 e. The van der Waals surface area contributed by atoms with Gasteiger partial charge in [0, 0.05) is 25.1 Å². The molecule has 3 rings (SSSR count). The Balaban J connectivity index is 1.70. The molecule has 3 aromatic rings. The molecule has 12 nitrogen and oxygen atoms in total. The summed E-state index contributed by atoms with van der Waals surface area (Å²) in [4.78, 5) is 51.6. The van der Waals surface area contributed by atoms with E-state index >= 15 is 0 Å². The lowest BCUT2D eigenvalue weighted by atomic mass is 9.88. The van der Waals surface area contributed by atoms with Crippen LogP contribution in [0.1, 0.15) is 92.1 Å². The minimum Gasteiger partial charge on any atom is -0.478 e. The normalized spacial score (nSPS) is 13.8. The number of aliphatic hydroxyl groups excluding tert-OH is 1. The second kappa shape index (κ2) is 19.9. The highest BCUT2D eigenvalue weighted by Gasteiger charge is 2.32. The zero-order valence-corrected chi connectivity index (χ0v) is 32.2. The highest BCUT2D eigenvalue weighted by molar-refractivity contribution is 7.92. The number of sulfonamides is 1. The van der Waals surface area contributed by atoms with Gasteiger partial charge in [0.2, 0.25) is 21.8 Å². The Morgan fingerprint density at radius 1 is 0.792 bits per heavy atom. The van der Waals surface area contributed by atoms with Crippen LogP contribution in [0.3, 0.4) is 0 Å². The second-order valence-corrected chi connectivity index (χ2v) is 16.2. The molecule has 288 valence electrons. The number of benzene rings is 3. The molecule has 0 fully saturated rings. The van der Waals surface area contributed by atoms with E-state index in [1.807, 2.05) is 40.7 Å². The molecule has 0 heterocycles. The average Bonchev–Trinajstić information content (AvgIpc) is 3.11. The SMILES string of the molecule is CCCC(CC(O)[C@H](CC(C)C)NC(=O)c1cccc(N(C)S(=O)(=O)Cc2ccccc2)c1)C(=O)N[C@H](C(=O)NCc1ccc(C(=O)O)cc1)C(C)C. The molecule has 4 atom stereocenters. The maximum absolute atomic E-state index is 13.7. The van der Waals surface area contributed by atoms with Crippen molar-refractivity contribution in [1.29, 1.82) is 0 Å². The Kier molecular flexibility index (Phi) is 16.0. The first-order valence-electron chi connectivity index (χ1n) is 18.0. The standard InChI is InChI=1S/C40H54N4O8S/c1-7-12-31(38(47)43-36(27(4)5)39(48)41-24-28-17-19-30(20-18-28)40(49)50)23-35(45)34(21-26(2)3)42-37(46)32-15-11-16-33(22-32)44(6)53(51,52)25-29-13-9-8-10-14-29/h8-11,13-20,22,26-27,31,34-36,45H,7,12,21,23-25H2,1-6H3,(H,41,48)(H,42,46)(H,43,47)(H,49,50)/t31?,34-,35?,36-/m0/s1. The summed E-state index contributed by atoms with van der Waals surface area (Å²) < 4.78 is 27.5. The molecule has 0 aliphatic rings. The number of aliphatic hydroxyl groups is 1. The van der Waals surface area contributed by atoms with Gasteiger partial charge in [-0.3, -0.25) is 18.7 Å². The summed E-state index contributed by atoms with van der Waals surface area (Å²) in [6.07, 6.45) is 0.452.